The van der Waals surface area contributed by atoms with Gasteiger partial charge in [0.15, 0.2) is 16.4 Å². The first-order valence-corrected chi connectivity index (χ1v) is 9.46. The van der Waals surface area contributed by atoms with E-state index in [2.05, 4.69) is 5.32 Å². The van der Waals surface area contributed by atoms with Crippen molar-refractivity contribution in [1.29, 1.82) is 0 Å². The Morgan fingerprint density at radius 1 is 1.25 bits per heavy atom. The number of carbonyl (C=O) groups excluding carboxylic acids is 2. The van der Waals surface area contributed by atoms with Crippen molar-refractivity contribution < 1.29 is 27.5 Å². The number of hydrogen-bond donors (Lipinski definition) is 1. The summed E-state index contributed by atoms with van der Waals surface area (Å²) in [6.45, 7) is -0.0459. The third-order valence-electron chi connectivity index (χ3n) is 3.80. The second-order valence-electron chi connectivity index (χ2n) is 5.76. The molecule has 0 aliphatic carbocycles. The van der Waals surface area contributed by atoms with Crippen LogP contribution in [0.3, 0.4) is 0 Å². The summed E-state index contributed by atoms with van der Waals surface area (Å²) in [6, 6.07) is 7.23. The molecule has 1 N–H and O–H groups in total. The molecule has 1 aliphatic rings. The SMILES string of the molecule is COc1ccc(CNC(=O)COC(=O)C[C@H]2CCS(=O)(=O)C2)cc1. The van der Waals surface area contributed by atoms with Crippen molar-refractivity contribution in [2.75, 3.05) is 25.2 Å². The van der Waals surface area contributed by atoms with Gasteiger partial charge in [0.1, 0.15) is 5.75 Å². The predicted octanol–water partition coefficient (Wildman–Crippen LogP) is 0.679. The zero-order valence-corrected chi connectivity index (χ0v) is 14.3. The number of nitrogens with one attached hydrogen (secondary N) is 1. The van der Waals surface area contributed by atoms with E-state index in [4.69, 9.17) is 9.47 Å². The maximum absolute atomic E-state index is 11.7. The standard InChI is InChI=1S/C16H21NO6S/c1-22-14-4-2-12(3-5-14)9-17-15(18)10-23-16(19)8-13-6-7-24(20,21)11-13/h2-5,13H,6-11H2,1H3,(H,17,18)/t13-/m1/s1. The van der Waals surface area contributed by atoms with Crippen molar-refractivity contribution in [3.63, 3.8) is 0 Å². The molecule has 0 aromatic heterocycles. The predicted molar refractivity (Wildman–Crippen MR) is 87.2 cm³/mol. The summed E-state index contributed by atoms with van der Waals surface area (Å²) in [5.41, 5.74) is 0.895. The van der Waals surface area contributed by atoms with Crippen LogP contribution in [-0.4, -0.2) is 45.5 Å². The summed E-state index contributed by atoms with van der Waals surface area (Å²) in [6.07, 6.45) is 0.506. The minimum atomic E-state index is -3.01. The van der Waals surface area contributed by atoms with E-state index >= 15 is 0 Å². The van der Waals surface area contributed by atoms with Gasteiger partial charge in [-0.15, -0.1) is 0 Å². The Hall–Kier alpha value is -2.09. The Labute approximate surface area is 141 Å². The molecule has 1 aromatic carbocycles. The van der Waals surface area contributed by atoms with Crippen LogP contribution in [0.5, 0.6) is 5.75 Å². The molecule has 132 valence electrons. The van der Waals surface area contributed by atoms with Crippen molar-refractivity contribution in [3.8, 4) is 5.75 Å². The van der Waals surface area contributed by atoms with E-state index in [1.165, 1.54) is 0 Å². The van der Waals surface area contributed by atoms with E-state index in [1.807, 2.05) is 12.1 Å². The van der Waals surface area contributed by atoms with Gasteiger partial charge in [0.25, 0.3) is 5.91 Å². The highest BCUT2D eigenvalue weighted by Crippen LogP contribution is 2.21. The third-order valence-corrected chi connectivity index (χ3v) is 5.63. The topological polar surface area (TPSA) is 98.8 Å². The summed E-state index contributed by atoms with van der Waals surface area (Å²) >= 11 is 0. The maximum atomic E-state index is 11.7. The number of esters is 1. The Bertz CT molecular complexity index is 683. The van der Waals surface area contributed by atoms with Crippen LogP contribution in [0.1, 0.15) is 18.4 Å². The average Bonchev–Trinajstić information content (AvgIpc) is 2.90. The number of benzene rings is 1. The maximum Gasteiger partial charge on any atom is 0.306 e. The van der Waals surface area contributed by atoms with Crippen molar-refractivity contribution in [1.82, 2.24) is 5.32 Å². The van der Waals surface area contributed by atoms with Crippen LogP contribution in [0.25, 0.3) is 0 Å². The fourth-order valence-electron chi connectivity index (χ4n) is 2.47. The Kier molecular flexibility index (Phi) is 6.19. The fraction of sp³-hybridized carbons (Fsp3) is 0.500. The molecule has 0 spiro atoms. The fourth-order valence-corrected chi connectivity index (χ4v) is 4.33. The van der Waals surface area contributed by atoms with Gasteiger partial charge in [-0.3, -0.25) is 9.59 Å². The first-order valence-electron chi connectivity index (χ1n) is 7.63. The average molecular weight is 355 g/mol. The molecule has 1 aromatic rings. The van der Waals surface area contributed by atoms with Crippen LogP contribution < -0.4 is 10.1 Å². The summed E-state index contributed by atoms with van der Waals surface area (Å²) < 4.78 is 32.6. The smallest absolute Gasteiger partial charge is 0.306 e. The molecule has 8 heteroatoms. The van der Waals surface area contributed by atoms with E-state index in [0.717, 1.165) is 11.3 Å². The third kappa shape index (κ3) is 5.84. The molecule has 2 rings (SSSR count). The molecule has 7 nitrogen and oxygen atoms in total. The molecule has 0 radical (unpaired) electrons. The molecule has 1 saturated heterocycles. The summed E-state index contributed by atoms with van der Waals surface area (Å²) in [7, 11) is -1.44. The van der Waals surface area contributed by atoms with Gasteiger partial charge in [-0.1, -0.05) is 12.1 Å². The summed E-state index contributed by atoms with van der Waals surface area (Å²) in [4.78, 5) is 23.3. The number of sulfone groups is 1. The Balaban J connectivity index is 1.66. The van der Waals surface area contributed by atoms with Gasteiger partial charge >= 0.3 is 5.97 Å². The van der Waals surface area contributed by atoms with Gasteiger partial charge < -0.3 is 14.8 Å². The number of methoxy groups -OCH3 is 1. The van der Waals surface area contributed by atoms with Crippen LogP contribution in [0, 0.1) is 5.92 Å². The van der Waals surface area contributed by atoms with Gasteiger partial charge in [0.05, 0.1) is 18.6 Å². The first kappa shape index (κ1) is 18.3. The molecule has 1 aliphatic heterocycles. The van der Waals surface area contributed by atoms with E-state index in [1.54, 1.807) is 19.2 Å². The van der Waals surface area contributed by atoms with Crippen LogP contribution in [0.4, 0.5) is 0 Å². The van der Waals surface area contributed by atoms with Gasteiger partial charge in [0.2, 0.25) is 0 Å². The summed E-state index contributed by atoms with van der Waals surface area (Å²) in [5, 5.41) is 2.65. The summed E-state index contributed by atoms with van der Waals surface area (Å²) in [5.74, 6) is -0.285. The highest BCUT2D eigenvalue weighted by molar-refractivity contribution is 7.91. The molecular weight excluding hydrogens is 334 g/mol. The lowest BCUT2D eigenvalue weighted by molar-refractivity contribution is -0.149. The van der Waals surface area contributed by atoms with Crippen LogP contribution in [0.15, 0.2) is 24.3 Å². The van der Waals surface area contributed by atoms with Gasteiger partial charge in [-0.25, -0.2) is 8.42 Å². The molecule has 24 heavy (non-hydrogen) atoms. The van der Waals surface area contributed by atoms with Gasteiger partial charge in [-0.2, -0.15) is 0 Å². The lowest BCUT2D eigenvalue weighted by atomic mass is 10.1. The zero-order valence-electron chi connectivity index (χ0n) is 13.5. The second-order valence-corrected chi connectivity index (χ2v) is 7.99. The zero-order chi connectivity index (χ0) is 17.6. The molecule has 0 saturated carbocycles. The van der Waals surface area contributed by atoms with Crippen molar-refractivity contribution >= 4 is 21.7 Å². The second kappa shape index (κ2) is 8.14. The normalized spacial score (nSPS) is 18.8. The quantitative estimate of drug-likeness (QED) is 0.722. The van der Waals surface area contributed by atoms with E-state index < -0.39 is 21.7 Å². The van der Waals surface area contributed by atoms with E-state index in [9.17, 15) is 18.0 Å². The van der Waals surface area contributed by atoms with Crippen LogP contribution in [-0.2, 0) is 30.7 Å². The molecule has 1 fully saturated rings. The lowest BCUT2D eigenvalue weighted by Crippen LogP contribution is -2.28. The van der Waals surface area contributed by atoms with Crippen LogP contribution in [0.2, 0.25) is 0 Å². The number of ether oxygens (including phenoxy) is 2. The highest BCUT2D eigenvalue weighted by atomic mass is 32.2. The van der Waals surface area contributed by atoms with Crippen molar-refractivity contribution in [2.24, 2.45) is 5.92 Å². The highest BCUT2D eigenvalue weighted by Gasteiger charge is 2.29. The first-order chi connectivity index (χ1) is 11.4. The number of amides is 1. The van der Waals surface area contributed by atoms with Crippen molar-refractivity contribution in [2.45, 2.75) is 19.4 Å². The molecular formula is C16H21NO6S. The van der Waals surface area contributed by atoms with Gasteiger partial charge in [0, 0.05) is 13.0 Å². The number of rotatable bonds is 7. The molecule has 1 amide bonds. The minimum Gasteiger partial charge on any atom is -0.497 e. The van der Waals surface area contributed by atoms with Crippen LogP contribution >= 0.6 is 0 Å². The molecule has 1 heterocycles. The molecule has 0 bridgehead atoms. The largest absolute Gasteiger partial charge is 0.497 e. The lowest BCUT2D eigenvalue weighted by Gasteiger charge is -2.09. The van der Waals surface area contributed by atoms with Gasteiger partial charge in [-0.05, 0) is 30.0 Å². The number of carbonyl (C=O) groups is 2. The van der Waals surface area contributed by atoms with Crippen molar-refractivity contribution in [3.05, 3.63) is 29.8 Å². The Morgan fingerprint density at radius 2 is 1.96 bits per heavy atom. The molecule has 1 atom stereocenters. The minimum absolute atomic E-state index is 0.0196. The Morgan fingerprint density at radius 3 is 2.54 bits per heavy atom. The van der Waals surface area contributed by atoms with E-state index in [-0.39, 0.29) is 30.5 Å². The molecule has 0 unspecified atom stereocenters. The monoisotopic (exact) mass is 355 g/mol. The number of hydrogen-bond acceptors (Lipinski definition) is 6. The van der Waals surface area contributed by atoms with E-state index in [0.29, 0.717) is 13.0 Å².